The number of thiophene rings is 1. The van der Waals surface area contributed by atoms with Crippen molar-refractivity contribution in [3.8, 4) is 0 Å². The third kappa shape index (κ3) is 4.43. The summed E-state index contributed by atoms with van der Waals surface area (Å²) in [7, 11) is 0. The summed E-state index contributed by atoms with van der Waals surface area (Å²) >= 11 is 1.39. The lowest BCUT2D eigenvalue weighted by Crippen LogP contribution is -2.29. The second kappa shape index (κ2) is 8.93. The number of hydrogen-bond donors (Lipinski definition) is 2. The summed E-state index contributed by atoms with van der Waals surface area (Å²) in [4.78, 5) is 21.0. The molecule has 4 rings (SSSR count). The number of aliphatic hydroxyl groups excluding tert-OH is 1. The molecule has 1 aliphatic heterocycles. The zero-order valence-electron chi connectivity index (χ0n) is 16.8. The summed E-state index contributed by atoms with van der Waals surface area (Å²) in [6, 6.07) is 12.5. The molecule has 1 aromatic carbocycles. The van der Waals surface area contributed by atoms with Crippen LogP contribution in [0.25, 0.3) is 10.2 Å². The molecular weight excluding hydrogens is 382 g/mol. The van der Waals surface area contributed by atoms with Crippen LogP contribution in [0.3, 0.4) is 0 Å². The fourth-order valence-electron chi connectivity index (χ4n) is 3.87. The molecule has 0 unspecified atom stereocenters. The molecule has 6 heteroatoms. The molecule has 2 aromatic heterocycles. The van der Waals surface area contributed by atoms with E-state index in [1.807, 2.05) is 13.0 Å². The molecule has 29 heavy (non-hydrogen) atoms. The van der Waals surface area contributed by atoms with E-state index >= 15 is 0 Å². The Labute approximate surface area is 175 Å². The van der Waals surface area contributed by atoms with Crippen molar-refractivity contribution in [3.63, 3.8) is 0 Å². The topological polar surface area (TPSA) is 65.5 Å². The molecule has 0 saturated carbocycles. The lowest BCUT2D eigenvalue weighted by molar-refractivity contribution is 0.0957. The van der Waals surface area contributed by atoms with Crippen LogP contribution >= 0.6 is 11.3 Å². The Bertz CT molecular complexity index is 991. The zero-order chi connectivity index (χ0) is 20.2. The van der Waals surface area contributed by atoms with Gasteiger partial charge in [-0.3, -0.25) is 4.79 Å². The van der Waals surface area contributed by atoms with Gasteiger partial charge in [0.15, 0.2) is 0 Å². The fraction of sp³-hybridized carbons (Fsp3) is 0.391. The van der Waals surface area contributed by atoms with Gasteiger partial charge in [0.1, 0.15) is 4.83 Å². The Balaban J connectivity index is 1.35. The highest BCUT2D eigenvalue weighted by Crippen LogP contribution is 2.29. The van der Waals surface area contributed by atoms with E-state index < -0.39 is 0 Å². The van der Waals surface area contributed by atoms with E-state index in [1.165, 1.54) is 41.9 Å². The number of fused-ring (bicyclic) bond motifs is 1. The van der Waals surface area contributed by atoms with Crippen LogP contribution in [0, 0.1) is 6.92 Å². The third-order valence-corrected chi connectivity index (χ3v) is 6.79. The molecule has 0 atom stereocenters. The van der Waals surface area contributed by atoms with E-state index in [-0.39, 0.29) is 12.5 Å². The third-order valence-electron chi connectivity index (χ3n) is 5.59. The van der Waals surface area contributed by atoms with Gasteiger partial charge in [0, 0.05) is 30.7 Å². The monoisotopic (exact) mass is 409 g/mol. The average molecular weight is 410 g/mol. The molecule has 5 nitrogen and oxygen atoms in total. The van der Waals surface area contributed by atoms with Crippen molar-refractivity contribution >= 4 is 33.1 Å². The number of nitrogens with one attached hydrogen (secondary N) is 1. The lowest BCUT2D eigenvalue weighted by Gasteiger charge is -2.28. The van der Waals surface area contributed by atoms with Gasteiger partial charge in [0.2, 0.25) is 0 Å². The van der Waals surface area contributed by atoms with Gasteiger partial charge in [-0.25, -0.2) is 4.98 Å². The van der Waals surface area contributed by atoms with Crippen LogP contribution < -0.4 is 10.2 Å². The molecule has 0 bridgehead atoms. The van der Waals surface area contributed by atoms with Gasteiger partial charge >= 0.3 is 0 Å². The Kier molecular flexibility index (Phi) is 6.11. The number of benzene rings is 1. The summed E-state index contributed by atoms with van der Waals surface area (Å²) in [6.07, 6.45) is 4.71. The van der Waals surface area contributed by atoms with Gasteiger partial charge in [-0.05, 0) is 68.0 Å². The predicted octanol–water partition coefficient (Wildman–Crippen LogP) is 4.06. The number of aliphatic hydroxyl groups is 1. The van der Waals surface area contributed by atoms with Gasteiger partial charge in [0.25, 0.3) is 5.91 Å². The standard InChI is InChI=1S/C23H27N3O2S/c1-16-20-10-7-18(15-27)25-23(20)29-21(16)22(28)24-12-11-17-5-8-19(9-6-17)26-13-3-2-4-14-26/h5-10,27H,2-4,11-15H2,1H3,(H,24,28). The van der Waals surface area contributed by atoms with Crippen molar-refractivity contribution in [2.45, 2.75) is 39.2 Å². The smallest absolute Gasteiger partial charge is 0.261 e. The van der Waals surface area contributed by atoms with E-state index in [2.05, 4.69) is 39.5 Å². The molecule has 152 valence electrons. The maximum Gasteiger partial charge on any atom is 0.261 e. The molecule has 1 aliphatic rings. The highest BCUT2D eigenvalue weighted by molar-refractivity contribution is 7.20. The van der Waals surface area contributed by atoms with Crippen LogP contribution in [0.4, 0.5) is 5.69 Å². The first kappa shape index (κ1) is 19.9. The molecule has 1 saturated heterocycles. The largest absolute Gasteiger partial charge is 0.390 e. The van der Waals surface area contributed by atoms with E-state index in [9.17, 15) is 9.90 Å². The normalized spacial score (nSPS) is 14.3. The number of aryl methyl sites for hydroxylation is 1. The Morgan fingerprint density at radius 2 is 1.90 bits per heavy atom. The van der Waals surface area contributed by atoms with Crippen LogP contribution in [-0.2, 0) is 13.0 Å². The van der Waals surface area contributed by atoms with Crippen molar-refractivity contribution in [2.75, 3.05) is 24.5 Å². The number of hydrogen-bond acceptors (Lipinski definition) is 5. The Hall–Kier alpha value is -2.44. The molecule has 0 radical (unpaired) electrons. The van der Waals surface area contributed by atoms with Crippen LogP contribution in [-0.4, -0.2) is 35.6 Å². The number of pyridine rings is 1. The summed E-state index contributed by atoms with van der Waals surface area (Å²) in [5.41, 5.74) is 4.10. The van der Waals surface area contributed by atoms with E-state index in [0.29, 0.717) is 17.1 Å². The van der Waals surface area contributed by atoms with E-state index in [4.69, 9.17) is 0 Å². The Morgan fingerprint density at radius 3 is 2.62 bits per heavy atom. The number of rotatable bonds is 6. The second-order valence-corrected chi connectivity index (χ2v) is 8.59. The van der Waals surface area contributed by atoms with Crippen molar-refractivity contribution in [3.05, 3.63) is 58.1 Å². The first-order chi connectivity index (χ1) is 14.2. The van der Waals surface area contributed by atoms with Crippen LogP contribution in [0.1, 0.15) is 45.8 Å². The molecule has 2 N–H and O–H groups in total. The molecule has 0 aliphatic carbocycles. The minimum atomic E-state index is -0.0923. The molecule has 3 heterocycles. The highest BCUT2D eigenvalue weighted by Gasteiger charge is 2.16. The SMILES string of the molecule is Cc1c(C(=O)NCCc2ccc(N3CCCCC3)cc2)sc2nc(CO)ccc12. The summed E-state index contributed by atoms with van der Waals surface area (Å²) in [5.74, 6) is -0.0546. The molecule has 3 aromatic rings. The van der Waals surface area contributed by atoms with Gasteiger partial charge in [0.05, 0.1) is 17.2 Å². The van der Waals surface area contributed by atoms with Crippen LogP contribution in [0.2, 0.25) is 0 Å². The number of anilines is 1. The number of piperidine rings is 1. The maximum absolute atomic E-state index is 12.7. The first-order valence-corrected chi connectivity index (χ1v) is 11.1. The molecular formula is C23H27N3O2S. The van der Waals surface area contributed by atoms with E-state index in [0.717, 1.165) is 35.3 Å². The van der Waals surface area contributed by atoms with E-state index in [1.54, 1.807) is 6.07 Å². The number of amides is 1. The van der Waals surface area contributed by atoms with Gasteiger partial charge < -0.3 is 15.3 Å². The second-order valence-electron chi connectivity index (χ2n) is 7.59. The summed E-state index contributed by atoms with van der Waals surface area (Å²) < 4.78 is 0. The van der Waals surface area contributed by atoms with Gasteiger partial charge in [-0.1, -0.05) is 12.1 Å². The predicted molar refractivity (Wildman–Crippen MR) is 119 cm³/mol. The van der Waals surface area contributed by atoms with Crippen LogP contribution in [0.15, 0.2) is 36.4 Å². The van der Waals surface area contributed by atoms with Crippen molar-refractivity contribution < 1.29 is 9.90 Å². The average Bonchev–Trinajstić information content (AvgIpc) is 3.10. The molecule has 1 amide bonds. The van der Waals surface area contributed by atoms with Gasteiger partial charge in [-0.2, -0.15) is 0 Å². The fourth-order valence-corrected chi connectivity index (χ4v) is 4.98. The Morgan fingerprint density at radius 1 is 1.14 bits per heavy atom. The summed E-state index contributed by atoms with van der Waals surface area (Å²) in [6.45, 7) is 4.76. The minimum Gasteiger partial charge on any atom is -0.390 e. The number of aromatic nitrogens is 1. The van der Waals surface area contributed by atoms with Crippen LogP contribution in [0.5, 0.6) is 0 Å². The van der Waals surface area contributed by atoms with Gasteiger partial charge in [-0.15, -0.1) is 11.3 Å². The van der Waals surface area contributed by atoms with Crippen molar-refractivity contribution in [1.82, 2.24) is 10.3 Å². The lowest BCUT2D eigenvalue weighted by atomic mass is 10.1. The quantitative estimate of drug-likeness (QED) is 0.644. The number of carbonyl (C=O) groups excluding carboxylic acids is 1. The molecule has 1 fully saturated rings. The minimum absolute atomic E-state index is 0.0546. The highest BCUT2D eigenvalue weighted by atomic mass is 32.1. The first-order valence-electron chi connectivity index (χ1n) is 10.3. The summed E-state index contributed by atoms with van der Waals surface area (Å²) in [5, 5.41) is 13.3. The maximum atomic E-state index is 12.7. The number of carbonyl (C=O) groups is 1. The van der Waals surface area contributed by atoms with Crippen molar-refractivity contribution in [2.24, 2.45) is 0 Å². The molecule has 0 spiro atoms. The zero-order valence-corrected chi connectivity index (χ0v) is 17.6. The van der Waals surface area contributed by atoms with Crippen molar-refractivity contribution in [1.29, 1.82) is 0 Å². The number of nitrogens with zero attached hydrogens (tertiary/aromatic N) is 2.